The van der Waals surface area contributed by atoms with Crippen LogP contribution in [0.4, 0.5) is 37.7 Å². The van der Waals surface area contributed by atoms with Crippen LogP contribution in [0.15, 0.2) is 36.4 Å². The number of carbonyl (C=O) groups is 2. The van der Waals surface area contributed by atoms with Gasteiger partial charge in [-0.3, -0.25) is 4.79 Å². The van der Waals surface area contributed by atoms with Crippen LogP contribution in [0.5, 0.6) is 5.75 Å². The molecular formula is C19H14F6N2O3. The van der Waals surface area contributed by atoms with E-state index in [1.54, 1.807) is 25.1 Å². The van der Waals surface area contributed by atoms with Crippen LogP contribution in [-0.4, -0.2) is 25.0 Å². The minimum absolute atomic E-state index is 0.0329. The lowest BCUT2D eigenvalue weighted by molar-refractivity contribution is -0.143. The summed E-state index contributed by atoms with van der Waals surface area (Å²) >= 11 is 0. The fraction of sp³-hybridized carbons (Fsp3) is 0.263. The topological polar surface area (TPSA) is 58.6 Å². The number of fused-ring (bicyclic) bond motifs is 1. The van der Waals surface area contributed by atoms with Gasteiger partial charge in [0.2, 0.25) is 5.91 Å². The van der Waals surface area contributed by atoms with Crippen molar-refractivity contribution >= 4 is 23.3 Å². The van der Waals surface area contributed by atoms with Crippen LogP contribution in [0, 0.1) is 6.92 Å². The summed E-state index contributed by atoms with van der Waals surface area (Å²) < 4.78 is 82.8. The molecule has 3 rings (SSSR count). The number of aryl methyl sites for hydroxylation is 1. The first-order chi connectivity index (χ1) is 13.8. The van der Waals surface area contributed by atoms with E-state index in [0.717, 1.165) is 5.56 Å². The van der Waals surface area contributed by atoms with Gasteiger partial charge in [0.15, 0.2) is 5.75 Å². The standard InChI is InChI=1S/C19H14F6N2O3/c1-10-2-3-14-15(4-10)30-17(29)9-27(14)8-16(28)26-13-6-11(18(20,21)22)5-12(7-13)19(23,24)25/h2-7H,8-9H2,1H3,(H,26,28). The van der Waals surface area contributed by atoms with E-state index in [9.17, 15) is 35.9 Å². The number of alkyl halides is 6. The Morgan fingerprint density at radius 1 is 1.03 bits per heavy atom. The van der Waals surface area contributed by atoms with Gasteiger partial charge >= 0.3 is 18.3 Å². The number of benzene rings is 2. The maximum Gasteiger partial charge on any atom is 0.416 e. The van der Waals surface area contributed by atoms with Gasteiger partial charge in [-0.2, -0.15) is 26.3 Å². The van der Waals surface area contributed by atoms with Gasteiger partial charge in [-0.05, 0) is 42.8 Å². The molecule has 0 unspecified atom stereocenters. The summed E-state index contributed by atoms with van der Waals surface area (Å²) in [6.07, 6.45) is -10.1. The number of hydrogen-bond donors (Lipinski definition) is 1. The van der Waals surface area contributed by atoms with E-state index in [4.69, 9.17) is 4.74 Å². The Labute approximate surface area is 166 Å². The summed E-state index contributed by atoms with van der Waals surface area (Å²) in [6.45, 7) is 0.967. The Balaban J connectivity index is 1.84. The number of halogens is 6. The molecule has 5 nitrogen and oxygen atoms in total. The Hall–Kier alpha value is -3.24. The Morgan fingerprint density at radius 2 is 1.63 bits per heavy atom. The second kappa shape index (κ2) is 7.54. The predicted octanol–water partition coefficient (Wildman–Crippen LogP) is 4.40. The van der Waals surface area contributed by atoms with E-state index in [2.05, 4.69) is 0 Å². The van der Waals surface area contributed by atoms with Crippen molar-refractivity contribution in [2.75, 3.05) is 23.3 Å². The van der Waals surface area contributed by atoms with E-state index < -0.39 is 47.6 Å². The minimum Gasteiger partial charge on any atom is -0.423 e. The molecule has 30 heavy (non-hydrogen) atoms. The van der Waals surface area contributed by atoms with Crippen LogP contribution in [0.1, 0.15) is 16.7 Å². The SMILES string of the molecule is Cc1ccc2c(c1)OC(=O)CN2CC(=O)Nc1cc(C(F)(F)F)cc(C(F)(F)F)c1. The van der Waals surface area contributed by atoms with Gasteiger partial charge in [0, 0.05) is 5.69 Å². The summed E-state index contributed by atoms with van der Waals surface area (Å²) in [6, 6.07) is 5.65. The lowest BCUT2D eigenvalue weighted by atomic mass is 10.1. The third-order valence-electron chi connectivity index (χ3n) is 4.21. The number of rotatable bonds is 3. The van der Waals surface area contributed by atoms with Crippen molar-refractivity contribution in [1.29, 1.82) is 0 Å². The number of nitrogens with zero attached hydrogens (tertiary/aromatic N) is 1. The van der Waals surface area contributed by atoms with Crippen molar-refractivity contribution in [2.24, 2.45) is 0 Å². The van der Waals surface area contributed by atoms with Crippen LogP contribution < -0.4 is 15.0 Å². The number of nitrogens with one attached hydrogen (secondary N) is 1. The third-order valence-corrected chi connectivity index (χ3v) is 4.21. The summed E-state index contributed by atoms with van der Waals surface area (Å²) in [5, 5.41) is 2.04. The third kappa shape index (κ3) is 4.84. The molecular weight excluding hydrogens is 418 g/mol. The van der Waals surface area contributed by atoms with Gasteiger partial charge in [-0.25, -0.2) is 4.79 Å². The lowest BCUT2D eigenvalue weighted by Gasteiger charge is -2.29. The normalized spacial score (nSPS) is 14.2. The fourth-order valence-electron chi connectivity index (χ4n) is 2.90. The lowest BCUT2D eigenvalue weighted by Crippen LogP contribution is -2.41. The Morgan fingerprint density at radius 3 is 2.20 bits per heavy atom. The number of hydrogen-bond acceptors (Lipinski definition) is 4. The second-order valence-corrected chi connectivity index (χ2v) is 6.64. The van der Waals surface area contributed by atoms with E-state index in [-0.39, 0.29) is 18.4 Å². The monoisotopic (exact) mass is 432 g/mol. The molecule has 0 atom stereocenters. The molecule has 11 heteroatoms. The van der Waals surface area contributed by atoms with Crippen molar-refractivity contribution in [3.63, 3.8) is 0 Å². The van der Waals surface area contributed by atoms with Gasteiger partial charge in [0.05, 0.1) is 23.4 Å². The average molecular weight is 432 g/mol. The number of carbonyl (C=O) groups excluding carboxylic acids is 2. The molecule has 1 aliphatic heterocycles. The van der Waals surface area contributed by atoms with Gasteiger partial charge in [-0.15, -0.1) is 0 Å². The van der Waals surface area contributed by atoms with Crippen LogP contribution in [-0.2, 0) is 21.9 Å². The van der Waals surface area contributed by atoms with Crippen molar-refractivity contribution < 1.29 is 40.7 Å². The molecule has 0 saturated carbocycles. The molecule has 0 aromatic heterocycles. The molecule has 0 aliphatic carbocycles. The first kappa shape index (κ1) is 21.5. The maximum atomic E-state index is 12.9. The maximum absolute atomic E-state index is 12.9. The molecule has 0 saturated heterocycles. The van der Waals surface area contributed by atoms with Crippen molar-refractivity contribution in [2.45, 2.75) is 19.3 Å². The highest BCUT2D eigenvalue weighted by molar-refractivity contribution is 5.96. The molecule has 1 heterocycles. The molecule has 0 spiro atoms. The van der Waals surface area contributed by atoms with Gasteiger partial charge in [-0.1, -0.05) is 6.07 Å². The molecule has 1 amide bonds. The van der Waals surface area contributed by atoms with Crippen molar-refractivity contribution in [3.05, 3.63) is 53.1 Å². The zero-order valence-electron chi connectivity index (χ0n) is 15.3. The Kier molecular flexibility index (Phi) is 5.40. The molecule has 0 fully saturated rings. The van der Waals surface area contributed by atoms with E-state index >= 15 is 0 Å². The fourth-order valence-corrected chi connectivity index (χ4v) is 2.90. The van der Waals surface area contributed by atoms with E-state index in [1.165, 1.54) is 4.90 Å². The van der Waals surface area contributed by atoms with Crippen LogP contribution in [0.25, 0.3) is 0 Å². The molecule has 160 valence electrons. The molecule has 2 aromatic carbocycles. The first-order valence-corrected chi connectivity index (χ1v) is 8.48. The van der Waals surface area contributed by atoms with Crippen molar-refractivity contribution in [3.8, 4) is 5.75 Å². The molecule has 0 bridgehead atoms. The summed E-state index contributed by atoms with van der Waals surface area (Å²) in [5.41, 5.74) is -2.57. The van der Waals surface area contributed by atoms with Gasteiger partial charge in [0.25, 0.3) is 0 Å². The number of amides is 1. The number of anilines is 2. The predicted molar refractivity (Wildman–Crippen MR) is 94.1 cm³/mol. The zero-order chi connectivity index (χ0) is 22.3. The second-order valence-electron chi connectivity index (χ2n) is 6.64. The summed E-state index contributed by atoms with van der Waals surface area (Å²) in [5.74, 6) is -1.35. The average Bonchev–Trinajstić information content (AvgIpc) is 2.59. The smallest absolute Gasteiger partial charge is 0.416 e. The van der Waals surface area contributed by atoms with E-state index in [0.29, 0.717) is 17.8 Å². The first-order valence-electron chi connectivity index (χ1n) is 8.48. The highest BCUT2D eigenvalue weighted by Gasteiger charge is 2.37. The van der Waals surface area contributed by atoms with E-state index in [1.807, 2.05) is 5.32 Å². The van der Waals surface area contributed by atoms with Crippen LogP contribution in [0.2, 0.25) is 0 Å². The van der Waals surface area contributed by atoms with Crippen LogP contribution >= 0.6 is 0 Å². The Bertz CT molecular complexity index is 968. The van der Waals surface area contributed by atoms with Crippen molar-refractivity contribution in [1.82, 2.24) is 0 Å². The quantitative estimate of drug-likeness (QED) is 0.444. The molecule has 2 aromatic rings. The number of esters is 1. The van der Waals surface area contributed by atoms with Gasteiger partial charge < -0.3 is 15.0 Å². The summed E-state index contributed by atoms with van der Waals surface area (Å²) in [7, 11) is 0. The minimum atomic E-state index is -5.03. The highest BCUT2D eigenvalue weighted by Crippen LogP contribution is 2.38. The molecule has 1 aliphatic rings. The van der Waals surface area contributed by atoms with Gasteiger partial charge in [0.1, 0.15) is 6.54 Å². The molecule has 1 N–H and O–H groups in total. The molecule has 0 radical (unpaired) electrons. The zero-order valence-corrected chi connectivity index (χ0v) is 15.3. The number of ether oxygens (including phenoxy) is 1. The largest absolute Gasteiger partial charge is 0.423 e. The summed E-state index contributed by atoms with van der Waals surface area (Å²) in [4.78, 5) is 25.4. The highest BCUT2D eigenvalue weighted by atomic mass is 19.4. The van der Waals surface area contributed by atoms with Crippen LogP contribution in [0.3, 0.4) is 0 Å².